The molecule has 0 aliphatic carbocycles. The summed E-state index contributed by atoms with van der Waals surface area (Å²) in [6, 6.07) is -0.827. The molecule has 0 bridgehead atoms. The number of carbonyl (C=O) groups excluding carboxylic acids is 3. The first kappa shape index (κ1) is 24.9. The summed E-state index contributed by atoms with van der Waals surface area (Å²) in [6.07, 6.45) is 4.44. The van der Waals surface area contributed by atoms with Gasteiger partial charge in [0.2, 0.25) is 0 Å². The van der Waals surface area contributed by atoms with E-state index in [2.05, 4.69) is 15.3 Å². The molecule has 0 aliphatic rings. The predicted molar refractivity (Wildman–Crippen MR) is 112 cm³/mol. The fourth-order valence-electron chi connectivity index (χ4n) is 2.11. The van der Waals surface area contributed by atoms with Gasteiger partial charge in [-0.05, 0) is 53.7 Å². The average Bonchev–Trinajstić information content (AvgIpc) is 2.57. The molecular weight excluding hydrogens is 394 g/mol. The van der Waals surface area contributed by atoms with Gasteiger partial charge in [0.05, 0.1) is 6.20 Å². The van der Waals surface area contributed by atoms with Crippen LogP contribution in [-0.2, 0) is 14.3 Å². The number of alkyl carbamates (subject to hydrolysis) is 1. The van der Waals surface area contributed by atoms with Crippen LogP contribution in [0.3, 0.4) is 0 Å². The summed E-state index contributed by atoms with van der Waals surface area (Å²) >= 11 is 1.51. The first-order chi connectivity index (χ1) is 13.4. The lowest BCUT2D eigenvalue weighted by molar-refractivity contribution is -0.157. The maximum atomic E-state index is 12.4. The molecule has 1 rings (SSSR count). The highest BCUT2D eigenvalue weighted by Crippen LogP contribution is 2.14. The number of nitrogens with zero attached hydrogens (tertiary/aromatic N) is 2. The van der Waals surface area contributed by atoms with E-state index < -0.39 is 29.3 Å². The van der Waals surface area contributed by atoms with Crippen LogP contribution in [0.15, 0.2) is 18.6 Å². The minimum absolute atomic E-state index is 0.0822. The van der Waals surface area contributed by atoms with Crippen molar-refractivity contribution in [1.29, 1.82) is 0 Å². The number of carbonyl (C=O) groups is 3. The molecule has 0 fully saturated rings. The van der Waals surface area contributed by atoms with Crippen molar-refractivity contribution in [3.63, 3.8) is 0 Å². The minimum atomic E-state index is -0.827. The van der Waals surface area contributed by atoms with Crippen LogP contribution in [-0.4, -0.2) is 56.6 Å². The summed E-state index contributed by atoms with van der Waals surface area (Å²) < 4.78 is 10.6. The molecular formula is C20H31N3O5S. The number of hydrogen-bond donors (Lipinski definition) is 1. The van der Waals surface area contributed by atoms with Gasteiger partial charge in [-0.25, -0.2) is 14.6 Å². The minimum Gasteiger partial charge on any atom is -0.458 e. The largest absolute Gasteiger partial charge is 0.458 e. The number of Topliss-reactive ketones (excluding diaryl/α,β-unsaturated/α-hetero) is 1. The van der Waals surface area contributed by atoms with Gasteiger partial charge in [-0.2, -0.15) is 11.8 Å². The van der Waals surface area contributed by atoms with Crippen LogP contribution in [0, 0.1) is 0 Å². The third kappa shape index (κ3) is 11.4. The maximum absolute atomic E-state index is 12.4. The van der Waals surface area contributed by atoms with E-state index in [9.17, 15) is 14.4 Å². The molecule has 1 aromatic rings. The number of amides is 1. The number of hydrogen-bond acceptors (Lipinski definition) is 8. The molecule has 1 N–H and O–H groups in total. The van der Waals surface area contributed by atoms with Crippen molar-refractivity contribution in [1.82, 2.24) is 15.3 Å². The Balaban J connectivity index is 2.52. The first-order valence-corrected chi connectivity index (χ1v) is 10.6. The van der Waals surface area contributed by atoms with Crippen LogP contribution in [0.4, 0.5) is 4.79 Å². The molecule has 29 heavy (non-hydrogen) atoms. The van der Waals surface area contributed by atoms with Gasteiger partial charge in [-0.1, -0.05) is 0 Å². The van der Waals surface area contributed by atoms with E-state index in [-0.39, 0.29) is 5.78 Å². The van der Waals surface area contributed by atoms with Crippen molar-refractivity contribution in [3.8, 4) is 0 Å². The number of aromatic nitrogens is 2. The van der Waals surface area contributed by atoms with Gasteiger partial charge < -0.3 is 14.8 Å². The fourth-order valence-corrected chi connectivity index (χ4v) is 3.05. The Bertz CT molecular complexity index is 684. The molecule has 0 aromatic carbocycles. The maximum Gasteiger partial charge on any atom is 0.408 e. The SMILES string of the molecule is CC(C)(C)OC(=O)N[C@@H](CCSCCC(=O)c1cnccn1)C(=O)OC(C)(C)C. The predicted octanol–water partition coefficient (Wildman–Crippen LogP) is 3.41. The second-order valence-electron chi connectivity index (χ2n) is 8.40. The standard InChI is InChI=1S/C20H31N3O5S/c1-19(2,3)27-17(25)14(23-18(26)28-20(4,5)6)7-11-29-12-8-16(24)15-13-21-9-10-22-15/h9-10,13-14H,7-8,11-12H2,1-6H3,(H,23,26)/t14-/m0/s1. The van der Waals surface area contributed by atoms with Gasteiger partial charge in [0.25, 0.3) is 0 Å². The summed E-state index contributed by atoms with van der Waals surface area (Å²) in [5, 5.41) is 2.59. The number of ether oxygens (including phenoxy) is 2. The number of esters is 1. The molecule has 1 atom stereocenters. The molecule has 0 spiro atoms. The number of rotatable bonds is 9. The molecule has 1 amide bonds. The Morgan fingerprint density at radius 2 is 1.69 bits per heavy atom. The van der Waals surface area contributed by atoms with Crippen LogP contribution in [0.1, 0.15) is 64.9 Å². The van der Waals surface area contributed by atoms with E-state index in [4.69, 9.17) is 9.47 Å². The van der Waals surface area contributed by atoms with Gasteiger partial charge in [0.15, 0.2) is 5.78 Å². The summed E-state index contributed by atoms with van der Waals surface area (Å²) in [5.41, 5.74) is -0.995. The van der Waals surface area contributed by atoms with Crippen LogP contribution in [0.2, 0.25) is 0 Å². The lowest BCUT2D eigenvalue weighted by atomic mass is 10.1. The quantitative estimate of drug-likeness (QED) is 0.364. The van der Waals surface area contributed by atoms with Crippen molar-refractivity contribution in [3.05, 3.63) is 24.3 Å². The highest BCUT2D eigenvalue weighted by Gasteiger charge is 2.28. The highest BCUT2D eigenvalue weighted by atomic mass is 32.2. The van der Waals surface area contributed by atoms with Crippen molar-refractivity contribution in [2.24, 2.45) is 0 Å². The van der Waals surface area contributed by atoms with E-state index in [0.717, 1.165) is 0 Å². The first-order valence-electron chi connectivity index (χ1n) is 9.47. The number of nitrogens with one attached hydrogen (secondary N) is 1. The molecule has 0 saturated heterocycles. The zero-order valence-electron chi connectivity index (χ0n) is 18.0. The highest BCUT2D eigenvalue weighted by molar-refractivity contribution is 7.99. The van der Waals surface area contributed by atoms with E-state index in [1.54, 1.807) is 41.5 Å². The average molecular weight is 426 g/mol. The fraction of sp³-hybridized carbons (Fsp3) is 0.650. The topological polar surface area (TPSA) is 107 Å². The third-order valence-corrected chi connectivity index (χ3v) is 4.27. The van der Waals surface area contributed by atoms with Gasteiger partial charge in [-0.15, -0.1) is 0 Å². The number of ketones is 1. The normalized spacial score (nSPS) is 12.8. The van der Waals surface area contributed by atoms with Crippen molar-refractivity contribution in [2.75, 3.05) is 11.5 Å². The molecule has 0 unspecified atom stereocenters. The summed E-state index contributed by atoms with van der Waals surface area (Å²) in [7, 11) is 0. The molecule has 0 saturated carbocycles. The van der Waals surface area contributed by atoms with Crippen molar-refractivity contribution < 1.29 is 23.9 Å². The lowest BCUT2D eigenvalue weighted by Crippen LogP contribution is -2.46. The van der Waals surface area contributed by atoms with Gasteiger partial charge >= 0.3 is 12.1 Å². The Morgan fingerprint density at radius 1 is 1.03 bits per heavy atom. The van der Waals surface area contributed by atoms with E-state index in [1.165, 1.54) is 30.4 Å². The van der Waals surface area contributed by atoms with Crippen LogP contribution < -0.4 is 5.32 Å². The second-order valence-corrected chi connectivity index (χ2v) is 9.62. The van der Waals surface area contributed by atoms with Gasteiger partial charge in [0, 0.05) is 24.6 Å². The zero-order chi connectivity index (χ0) is 22.1. The summed E-state index contributed by atoms with van der Waals surface area (Å²) in [4.78, 5) is 44.4. The third-order valence-electron chi connectivity index (χ3n) is 3.26. The second kappa shape index (κ2) is 11.1. The van der Waals surface area contributed by atoms with E-state index in [1.807, 2.05) is 0 Å². The van der Waals surface area contributed by atoms with Crippen LogP contribution in [0.25, 0.3) is 0 Å². The summed E-state index contributed by atoms with van der Waals surface area (Å²) in [6.45, 7) is 10.5. The summed E-state index contributed by atoms with van der Waals surface area (Å²) in [5.74, 6) is 0.539. The zero-order valence-corrected chi connectivity index (χ0v) is 18.8. The monoisotopic (exact) mass is 425 g/mol. The smallest absolute Gasteiger partial charge is 0.408 e. The molecule has 0 radical (unpaired) electrons. The van der Waals surface area contributed by atoms with Crippen molar-refractivity contribution >= 4 is 29.6 Å². The van der Waals surface area contributed by atoms with Gasteiger partial charge in [0.1, 0.15) is 22.9 Å². The lowest BCUT2D eigenvalue weighted by Gasteiger charge is -2.26. The molecule has 9 heteroatoms. The Labute approximate surface area is 176 Å². The van der Waals surface area contributed by atoms with E-state index >= 15 is 0 Å². The van der Waals surface area contributed by atoms with Crippen LogP contribution in [0.5, 0.6) is 0 Å². The van der Waals surface area contributed by atoms with Gasteiger partial charge in [-0.3, -0.25) is 9.78 Å². The molecule has 0 aliphatic heterocycles. The Kier molecular flexibility index (Phi) is 9.55. The Hall–Kier alpha value is -2.16. The molecule has 1 aromatic heterocycles. The van der Waals surface area contributed by atoms with Crippen LogP contribution >= 0.6 is 11.8 Å². The molecule has 162 valence electrons. The number of thioether (sulfide) groups is 1. The van der Waals surface area contributed by atoms with Crippen molar-refractivity contribution in [2.45, 2.75) is 71.6 Å². The van der Waals surface area contributed by atoms with E-state index in [0.29, 0.717) is 30.0 Å². The Morgan fingerprint density at radius 3 is 2.24 bits per heavy atom. The molecule has 8 nitrogen and oxygen atoms in total. The molecule has 1 heterocycles.